The second-order valence-electron chi connectivity index (χ2n) is 9.05. The van der Waals surface area contributed by atoms with Crippen LogP contribution in [-0.4, -0.2) is 67.9 Å². The number of para-hydroxylation sites is 1. The van der Waals surface area contributed by atoms with Crippen LogP contribution < -0.4 is 0 Å². The summed E-state index contributed by atoms with van der Waals surface area (Å²) < 4.78 is 13.8. The molecule has 35 heavy (non-hydrogen) atoms. The number of hydrogen-bond acceptors (Lipinski definition) is 7. The first-order valence-corrected chi connectivity index (χ1v) is 12.9. The fourth-order valence-corrected chi connectivity index (χ4v) is 5.78. The highest BCUT2D eigenvalue weighted by molar-refractivity contribution is 8.00. The molecule has 4 heterocycles. The third-order valence-corrected chi connectivity index (χ3v) is 7.76. The maximum atomic E-state index is 13.2. The molecule has 1 unspecified atom stereocenters. The van der Waals surface area contributed by atoms with Gasteiger partial charge in [-0.2, -0.15) is 0 Å². The number of aromatic nitrogens is 4. The number of thioether (sulfide) groups is 1. The number of rotatable bonds is 5. The van der Waals surface area contributed by atoms with Crippen molar-refractivity contribution in [2.45, 2.75) is 42.5 Å². The zero-order valence-electron chi connectivity index (χ0n) is 19.6. The number of benzene rings is 2. The van der Waals surface area contributed by atoms with Gasteiger partial charge in [0.15, 0.2) is 11.4 Å². The second-order valence-corrected chi connectivity index (χ2v) is 10.4. The Labute approximate surface area is 207 Å². The van der Waals surface area contributed by atoms with Crippen LogP contribution in [0.5, 0.6) is 0 Å². The van der Waals surface area contributed by atoms with E-state index in [4.69, 9.17) is 14.5 Å². The van der Waals surface area contributed by atoms with Gasteiger partial charge in [-0.1, -0.05) is 60.3 Å². The topological polar surface area (TPSA) is 82.4 Å². The standard InChI is InChI=1S/C26H27N5O3S/c1-18(24(32)30-13-11-26(12-14-30)33-15-16-34-26)35-25-27-23-22(28-29-25)20-9-5-6-10-21(20)31(23)17-19-7-3-2-4-8-19/h2-10,18H,11-17H2,1H3. The van der Waals surface area contributed by atoms with E-state index in [1.807, 2.05) is 42.2 Å². The lowest BCUT2D eigenvalue weighted by Crippen LogP contribution is -2.49. The Bertz CT molecular complexity index is 1360. The number of piperidine rings is 1. The minimum Gasteiger partial charge on any atom is -0.347 e. The molecule has 6 rings (SSSR count). The van der Waals surface area contributed by atoms with Crippen molar-refractivity contribution in [3.05, 3.63) is 60.2 Å². The lowest BCUT2D eigenvalue weighted by atomic mass is 10.0. The number of ether oxygens (including phenoxy) is 2. The summed E-state index contributed by atoms with van der Waals surface area (Å²) in [6.45, 7) is 5.12. The van der Waals surface area contributed by atoms with Crippen LogP contribution in [0.2, 0.25) is 0 Å². The summed E-state index contributed by atoms with van der Waals surface area (Å²) in [6.07, 6.45) is 1.42. The number of amides is 1. The molecule has 1 spiro atoms. The summed E-state index contributed by atoms with van der Waals surface area (Å²) in [5, 5.41) is 10.1. The molecule has 0 saturated carbocycles. The summed E-state index contributed by atoms with van der Waals surface area (Å²) in [7, 11) is 0. The van der Waals surface area contributed by atoms with Gasteiger partial charge in [0.1, 0.15) is 5.52 Å². The smallest absolute Gasteiger partial charge is 0.235 e. The molecule has 2 fully saturated rings. The van der Waals surface area contributed by atoms with Gasteiger partial charge in [-0.3, -0.25) is 4.79 Å². The molecule has 180 valence electrons. The molecule has 2 aliphatic rings. The minimum absolute atomic E-state index is 0.0800. The molecule has 2 aliphatic heterocycles. The number of carbonyl (C=O) groups excluding carboxylic acids is 1. The number of likely N-dealkylation sites (tertiary alicyclic amines) is 1. The highest BCUT2D eigenvalue weighted by atomic mass is 32.2. The summed E-state index contributed by atoms with van der Waals surface area (Å²) in [6, 6.07) is 18.5. The third kappa shape index (κ3) is 4.28. The molecule has 0 N–H and O–H groups in total. The van der Waals surface area contributed by atoms with Crippen molar-refractivity contribution >= 4 is 39.7 Å². The van der Waals surface area contributed by atoms with Crippen molar-refractivity contribution in [1.29, 1.82) is 0 Å². The van der Waals surface area contributed by atoms with Crippen LogP contribution in [0.15, 0.2) is 59.8 Å². The highest BCUT2D eigenvalue weighted by Crippen LogP contribution is 2.33. The van der Waals surface area contributed by atoms with Crippen LogP contribution in [0.25, 0.3) is 22.1 Å². The van der Waals surface area contributed by atoms with Gasteiger partial charge in [-0.25, -0.2) is 4.98 Å². The fraction of sp³-hybridized carbons (Fsp3) is 0.385. The van der Waals surface area contributed by atoms with E-state index >= 15 is 0 Å². The normalized spacial score (nSPS) is 18.5. The Kier molecular flexibility index (Phi) is 5.91. The fourth-order valence-electron chi connectivity index (χ4n) is 4.98. The van der Waals surface area contributed by atoms with Crippen LogP contribution in [0.1, 0.15) is 25.3 Å². The van der Waals surface area contributed by atoms with E-state index in [1.54, 1.807) is 0 Å². The summed E-state index contributed by atoms with van der Waals surface area (Å²) in [5.41, 5.74) is 3.81. The van der Waals surface area contributed by atoms with Gasteiger partial charge in [-0.15, -0.1) is 10.2 Å². The molecule has 0 radical (unpaired) electrons. The van der Waals surface area contributed by atoms with Crippen molar-refractivity contribution in [3.8, 4) is 0 Å². The Balaban J connectivity index is 1.24. The highest BCUT2D eigenvalue weighted by Gasteiger charge is 2.41. The average Bonchev–Trinajstić information content (AvgIpc) is 3.47. The van der Waals surface area contributed by atoms with Crippen LogP contribution in [0.3, 0.4) is 0 Å². The number of carbonyl (C=O) groups is 1. The monoisotopic (exact) mass is 489 g/mol. The number of hydrogen-bond donors (Lipinski definition) is 0. The zero-order valence-corrected chi connectivity index (χ0v) is 20.4. The summed E-state index contributed by atoms with van der Waals surface area (Å²) in [5.74, 6) is -0.409. The Morgan fingerprint density at radius 2 is 1.74 bits per heavy atom. The SMILES string of the molecule is CC(Sc1nnc2c3ccccc3n(Cc3ccccc3)c2n1)C(=O)N1CCC2(CC1)OCCO2. The van der Waals surface area contributed by atoms with E-state index < -0.39 is 5.79 Å². The van der Waals surface area contributed by atoms with E-state index in [1.165, 1.54) is 17.3 Å². The molecule has 9 heteroatoms. The Morgan fingerprint density at radius 3 is 2.51 bits per heavy atom. The van der Waals surface area contributed by atoms with Crippen molar-refractivity contribution in [2.24, 2.45) is 0 Å². The van der Waals surface area contributed by atoms with Crippen molar-refractivity contribution in [1.82, 2.24) is 24.6 Å². The Morgan fingerprint density at radius 1 is 1.03 bits per heavy atom. The molecular formula is C26H27N5O3S. The first-order chi connectivity index (χ1) is 17.1. The second kappa shape index (κ2) is 9.22. The molecule has 2 saturated heterocycles. The van der Waals surface area contributed by atoms with Gasteiger partial charge in [0.25, 0.3) is 0 Å². The first-order valence-electron chi connectivity index (χ1n) is 12.0. The lowest BCUT2D eigenvalue weighted by Gasteiger charge is -2.38. The van der Waals surface area contributed by atoms with Crippen LogP contribution in [0, 0.1) is 0 Å². The molecule has 2 aromatic heterocycles. The van der Waals surface area contributed by atoms with E-state index in [0.717, 1.165) is 22.1 Å². The van der Waals surface area contributed by atoms with E-state index in [2.05, 4.69) is 39.0 Å². The minimum atomic E-state index is -0.489. The van der Waals surface area contributed by atoms with Crippen molar-refractivity contribution in [3.63, 3.8) is 0 Å². The van der Waals surface area contributed by atoms with E-state index in [9.17, 15) is 4.79 Å². The van der Waals surface area contributed by atoms with Crippen LogP contribution in [0.4, 0.5) is 0 Å². The third-order valence-electron chi connectivity index (χ3n) is 6.82. The molecule has 4 aromatic rings. The van der Waals surface area contributed by atoms with E-state index in [0.29, 0.717) is 50.8 Å². The maximum absolute atomic E-state index is 13.2. The van der Waals surface area contributed by atoms with Gasteiger partial charge in [0.05, 0.1) is 24.0 Å². The molecule has 1 amide bonds. The largest absolute Gasteiger partial charge is 0.347 e. The van der Waals surface area contributed by atoms with Gasteiger partial charge >= 0.3 is 0 Å². The van der Waals surface area contributed by atoms with Gasteiger partial charge in [0.2, 0.25) is 11.1 Å². The van der Waals surface area contributed by atoms with E-state index in [-0.39, 0.29) is 11.2 Å². The number of fused-ring (bicyclic) bond motifs is 3. The quantitative estimate of drug-likeness (QED) is 0.394. The molecule has 2 aromatic carbocycles. The first kappa shape index (κ1) is 22.5. The molecule has 1 atom stereocenters. The summed E-state index contributed by atoms with van der Waals surface area (Å²) in [4.78, 5) is 19.9. The zero-order chi connectivity index (χ0) is 23.8. The Hall–Kier alpha value is -3.01. The van der Waals surface area contributed by atoms with Crippen molar-refractivity contribution < 1.29 is 14.3 Å². The molecular weight excluding hydrogens is 462 g/mol. The number of nitrogens with zero attached hydrogens (tertiary/aromatic N) is 5. The molecule has 8 nitrogen and oxygen atoms in total. The average molecular weight is 490 g/mol. The molecule has 0 aliphatic carbocycles. The van der Waals surface area contributed by atoms with Gasteiger partial charge in [-0.05, 0) is 18.6 Å². The molecule has 0 bridgehead atoms. The van der Waals surface area contributed by atoms with Gasteiger partial charge < -0.3 is 18.9 Å². The predicted molar refractivity (Wildman–Crippen MR) is 134 cm³/mol. The predicted octanol–water partition coefficient (Wildman–Crippen LogP) is 3.87. The maximum Gasteiger partial charge on any atom is 0.235 e. The van der Waals surface area contributed by atoms with Crippen LogP contribution >= 0.6 is 11.8 Å². The van der Waals surface area contributed by atoms with Crippen LogP contribution in [-0.2, 0) is 20.8 Å². The summed E-state index contributed by atoms with van der Waals surface area (Å²) >= 11 is 1.36. The lowest BCUT2D eigenvalue weighted by molar-refractivity contribution is -0.187. The van der Waals surface area contributed by atoms with Crippen molar-refractivity contribution in [2.75, 3.05) is 26.3 Å². The van der Waals surface area contributed by atoms with Gasteiger partial charge in [0, 0.05) is 37.9 Å².